The van der Waals surface area contributed by atoms with Crippen molar-refractivity contribution in [1.82, 2.24) is 20.1 Å². The van der Waals surface area contributed by atoms with Crippen molar-refractivity contribution in [2.75, 3.05) is 0 Å². The van der Waals surface area contributed by atoms with E-state index < -0.39 is 5.82 Å². The highest BCUT2D eigenvalue weighted by atomic mass is 19.1. The zero-order valence-corrected chi connectivity index (χ0v) is 16.5. The van der Waals surface area contributed by atoms with Crippen LogP contribution in [0, 0.1) is 17.1 Å². The third-order valence-corrected chi connectivity index (χ3v) is 5.43. The minimum Gasteiger partial charge on any atom is -0.349 e. The van der Waals surface area contributed by atoms with Crippen LogP contribution in [0.15, 0.2) is 48.5 Å². The molecular formula is C23H22FN5O. The first-order valence-electron chi connectivity index (χ1n) is 10.1. The Morgan fingerprint density at radius 2 is 2.00 bits per heavy atom. The number of hydrogen-bond donors (Lipinski definition) is 1. The van der Waals surface area contributed by atoms with E-state index in [1.54, 1.807) is 0 Å². The molecule has 0 saturated carbocycles. The number of amides is 1. The lowest BCUT2D eigenvalue weighted by molar-refractivity contribution is 0.0932. The number of benzene rings is 2. The van der Waals surface area contributed by atoms with Gasteiger partial charge >= 0.3 is 0 Å². The molecule has 4 rings (SSSR count). The smallest absolute Gasteiger partial charge is 0.251 e. The number of carbonyl (C=O) groups excluding carboxylic acids is 1. The molecule has 1 atom stereocenters. The first-order chi connectivity index (χ1) is 14.6. The maximum atomic E-state index is 13.6. The molecule has 0 fully saturated rings. The second-order valence-electron chi connectivity index (χ2n) is 7.51. The zero-order valence-electron chi connectivity index (χ0n) is 16.5. The van der Waals surface area contributed by atoms with E-state index in [0.717, 1.165) is 62.4 Å². The number of carbonyl (C=O) groups is 1. The van der Waals surface area contributed by atoms with Gasteiger partial charge in [-0.15, -0.1) is 10.2 Å². The van der Waals surface area contributed by atoms with Gasteiger partial charge in [0.2, 0.25) is 0 Å². The highest BCUT2D eigenvalue weighted by molar-refractivity contribution is 5.94. The molecule has 0 radical (unpaired) electrons. The Kier molecular flexibility index (Phi) is 5.84. The number of hydrogen-bond acceptors (Lipinski definition) is 4. The van der Waals surface area contributed by atoms with Gasteiger partial charge in [0, 0.05) is 31.0 Å². The van der Waals surface area contributed by atoms with Crippen LogP contribution in [-0.2, 0) is 25.8 Å². The van der Waals surface area contributed by atoms with E-state index in [4.69, 9.17) is 5.26 Å². The molecule has 2 heterocycles. The summed E-state index contributed by atoms with van der Waals surface area (Å²) in [5.74, 6) is 0.948. The minimum atomic E-state index is -0.589. The van der Waals surface area contributed by atoms with Crippen LogP contribution in [0.2, 0.25) is 0 Å². The summed E-state index contributed by atoms with van der Waals surface area (Å²) in [5, 5.41) is 20.7. The highest BCUT2D eigenvalue weighted by Crippen LogP contribution is 2.18. The third kappa shape index (κ3) is 4.54. The highest BCUT2D eigenvalue weighted by Gasteiger charge is 2.22. The van der Waals surface area contributed by atoms with E-state index in [1.165, 1.54) is 11.6 Å². The van der Waals surface area contributed by atoms with Crippen LogP contribution in [0.4, 0.5) is 4.39 Å². The summed E-state index contributed by atoms with van der Waals surface area (Å²) < 4.78 is 15.8. The van der Waals surface area contributed by atoms with Gasteiger partial charge in [0.25, 0.3) is 5.91 Å². The Morgan fingerprint density at radius 3 is 2.80 bits per heavy atom. The van der Waals surface area contributed by atoms with E-state index in [0.29, 0.717) is 0 Å². The van der Waals surface area contributed by atoms with Crippen molar-refractivity contribution in [2.45, 2.75) is 44.7 Å². The molecule has 1 amide bonds. The van der Waals surface area contributed by atoms with Gasteiger partial charge in [-0.2, -0.15) is 5.26 Å². The lowest BCUT2D eigenvalue weighted by Crippen LogP contribution is -2.35. The second-order valence-corrected chi connectivity index (χ2v) is 7.51. The molecular weight excluding hydrogens is 381 g/mol. The summed E-state index contributed by atoms with van der Waals surface area (Å²) in [7, 11) is 0. The molecule has 1 aliphatic rings. The summed E-state index contributed by atoms with van der Waals surface area (Å²) in [6.45, 7) is 0.726. The van der Waals surface area contributed by atoms with E-state index in [1.807, 2.05) is 24.3 Å². The number of nitriles is 1. The van der Waals surface area contributed by atoms with E-state index in [9.17, 15) is 9.18 Å². The minimum absolute atomic E-state index is 0.0463. The summed E-state index contributed by atoms with van der Waals surface area (Å²) in [6.07, 6.45) is 3.92. The van der Waals surface area contributed by atoms with Crippen LogP contribution in [0.5, 0.6) is 0 Å². The van der Waals surface area contributed by atoms with Gasteiger partial charge in [-0.05, 0) is 43.0 Å². The Labute approximate surface area is 174 Å². The van der Waals surface area contributed by atoms with Crippen LogP contribution < -0.4 is 5.32 Å². The lowest BCUT2D eigenvalue weighted by Gasteiger charge is -2.16. The summed E-state index contributed by atoms with van der Waals surface area (Å²) in [5.41, 5.74) is 1.56. The maximum absolute atomic E-state index is 13.6. The number of fused-ring (bicyclic) bond motifs is 1. The first kappa shape index (κ1) is 19.8. The number of rotatable bonds is 5. The van der Waals surface area contributed by atoms with Crippen LogP contribution in [0.1, 0.15) is 46.0 Å². The van der Waals surface area contributed by atoms with Crippen LogP contribution in [-0.4, -0.2) is 26.7 Å². The predicted octanol–water partition coefficient (Wildman–Crippen LogP) is 3.21. The average Bonchev–Trinajstić information content (AvgIpc) is 3.04. The fraction of sp³-hybridized carbons (Fsp3) is 0.304. The Bertz CT molecular complexity index is 1090. The van der Waals surface area contributed by atoms with Gasteiger partial charge < -0.3 is 9.88 Å². The predicted molar refractivity (Wildman–Crippen MR) is 109 cm³/mol. The average molecular weight is 403 g/mol. The van der Waals surface area contributed by atoms with Crippen molar-refractivity contribution in [3.63, 3.8) is 0 Å². The summed E-state index contributed by atoms with van der Waals surface area (Å²) in [6, 6.07) is 15.8. The molecule has 0 spiro atoms. The lowest BCUT2D eigenvalue weighted by atomic mass is 10.1. The van der Waals surface area contributed by atoms with Gasteiger partial charge in [-0.25, -0.2) is 4.39 Å². The fourth-order valence-corrected chi connectivity index (χ4v) is 3.83. The molecule has 1 aliphatic heterocycles. The molecule has 6 nitrogen and oxygen atoms in total. The molecule has 1 aromatic heterocycles. The number of nitrogens with one attached hydrogen (secondary N) is 1. The number of aryl methyl sites for hydroxylation is 3. The van der Waals surface area contributed by atoms with Crippen molar-refractivity contribution >= 4 is 5.91 Å². The number of aromatic nitrogens is 3. The van der Waals surface area contributed by atoms with Gasteiger partial charge in [0.1, 0.15) is 17.5 Å². The van der Waals surface area contributed by atoms with Crippen molar-refractivity contribution in [3.8, 4) is 6.07 Å². The Morgan fingerprint density at radius 1 is 1.17 bits per heavy atom. The van der Waals surface area contributed by atoms with Crippen molar-refractivity contribution < 1.29 is 9.18 Å². The van der Waals surface area contributed by atoms with Gasteiger partial charge in [0.15, 0.2) is 0 Å². The molecule has 3 aromatic rings. The molecule has 152 valence electrons. The Balaban J connectivity index is 1.39. The van der Waals surface area contributed by atoms with Crippen LogP contribution in [0.25, 0.3) is 0 Å². The molecule has 2 aromatic carbocycles. The zero-order chi connectivity index (χ0) is 20.9. The molecule has 0 bridgehead atoms. The topological polar surface area (TPSA) is 83.6 Å². The molecule has 30 heavy (non-hydrogen) atoms. The molecule has 0 aliphatic carbocycles. The summed E-state index contributed by atoms with van der Waals surface area (Å²) in [4.78, 5) is 12.6. The monoisotopic (exact) mass is 403 g/mol. The van der Waals surface area contributed by atoms with E-state index in [2.05, 4.69) is 32.2 Å². The number of nitrogens with zero attached hydrogens (tertiary/aromatic N) is 4. The first-order valence-corrected chi connectivity index (χ1v) is 10.1. The summed E-state index contributed by atoms with van der Waals surface area (Å²) >= 11 is 0. The Hall–Kier alpha value is -3.53. The van der Waals surface area contributed by atoms with Crippen molar-refractivity contribution in [3.05, 3.63) is 82.7 Å². The van der Waals surface area contributed by atoms with Crippen molar-refractivity contribution in [1.29, 1.82) is 5.26 Å². The maximum Gasteiger partial charge on any atom is 0.251 e. The SMILES string of the molecule is N#Cc1cc(F)cc(C(=O)NC2CCc3nnc(CCc4ccccc4)n3CC2)c1. The van der Waals surface area contributed by atoms with E-state index in [-0.39, 0.29) is 23.1 Å². The largest absolute Gasteiger partial charge is 0.349 e. The van der Waals surface area contributed by atoms with Gasteiger partial charge in [-0.3, -0.25) is 4.79 Å². The standard InChI is InChI=1S/C23H22FN5O/c24-19-13-17(15-25)12-18(14-19)23(30)26-20-7-9-22-28-27-21(29(22)11-10-20)8-6-16-4-2-1-3-5-16/h1-5,12-14,20H,6-11H2,(H,26,30). The van der Waals surface area contributed by atoms with Gasteiger partial charge in [0.05, 0.1) is 11.6 Å². The number of halogens is 1. The van der Waals surface area contributed by atoms with Crippen LogP contribution >= 0.6 is 0 Å². The molecule has 1 N–H and O–H groups in total. The third-order valence-electron chi connectivity index (χ3n) is 5.43. The second kappa shape index (κ2) is 8.87. The molecule has 7 heteroatoms. The van der Waals surface area contributed by atoms with Crippen molar-refractivity contribution in [2.24, 2.45) is 0 Å². The van der Waals surface area contributed by atoms with Crippen LogP contribution in [0.3, 0.4) is 0 Å². The quantitative estimate of drug-likeness (QED) is 0.709. The fourth-order valence-electron chi connectivity index (χ4n) is 3.83. The van der Waals surface area contributed by atoms with E-state index >= 15 is 0 Å². The normalized spacial score (nSPS) is 15.7. The molecule has 1 unspecified atom stereocenters. The molecule has 0 saturated heterocycles. The van der Waals surface area contributed by atoms with Gasteiger partial charge in [-0.1, -0.05) is 30.3 Å².